The number of benzene rings is 2. The van der Waals surface area contributed by atoms with E-state index in [0.29, 0.717) is 52.7 Å². The summed E-state index contributed by atoms with van der Waals surface area (Å²) >= 11 is 0. The van der Waals surface area contributed by atoms with Gasteiger partial charge in [-0.2, -0.15) is 4.31 Å². The predicted octanol–water partition coefficient (Wildman–Crippen LogP) is 5.63. The average Bonchev–Trinajstić information content (AvgIpc) is 3.55. The highest BCUT2D eigenvalue weighted by Gasteiger charge is 2.36. The molecule has 2 atom stereocenters. The minimum Gasteiger partial charge on any atom is -0.497 e. The molecule has 2 aromatic rings. The number of carbonyl (C=O) groups excluding carboxylic acids is 1. The zero-order chi connectivity index (χ0) is 31.1. The van der Waals surface area contributed by atoms with Crippen LogP contribution in [-0.2, 0) is 19.6 Å². The molecular weight excluding hydrogens is 574 g/mol. The Morgan fingerprint density at radius 3 is 2.25 bits per heavy atom. The van der Waals surface area contributed by atoms with Crippen LogP contribution in [0.25, 0.3) is 0 Å². The van der Waals surface area contributed by atoms with Crippen LogP contribution in [0.3, 0.4) is 0 Å². The average molecular weight is 626 g/mol. The number of methoxy groups -OCH3 is 1. The van der Waals surface area contributed by atoms with E-state index < -0.39 is 10.0 Å². The van der Waals surface area contributed by atoms with Crippen LogP contribution in [-0.4, -0.2) is 76.1 Å². The maximum atomic E-state index is 13.8. The fraction of sp³-hybridized carbons (Fsp3) is 0.629. The fourth-order valence-corrected chi connectivity index (χ4v) is 9.86. The molecule has 8 nitrogen and oxygen atoms in total. The zero-order valence-electron chi connectivity index (χ0n) is 26.8. The fourth-order valence-electron chi connectivity index (χ4n) is 7.77. The van der Waals surface area contributed by atoms with E-state index >= 15 is 0 Å². The predicted molar refractivity (Wildman–Crippen MR) is 173 cm³/mol. The molecule has 5 rings (SSSR count). The van der Waals surface area contributed by atoms with Crippen molar-refractivity contribution >= 4 is 15.9 Å². The van der Waals surface area contributed by atoms with Gasteiger partial charge in [0.15, 0.2) is 0 Å². The summed E-state index contributed by atoms with van der Waals surface area (Å²) in [7, 11) is -2.13. The molecule has 9 heteroatoms. The van der Waals surface area contributed by atoms with Gasteiger partial charge in [0.25, 0.3) is 0 Å². The van der Waals surface area contributed by atoms with Crippen LogP contribution in [0.15, 0.2) is 47.4 Å². The SMILES string of the molecule is COc1cc(C)c(S(=O)(=O)N2CCCCC2COCC(=O)NCC2CCC(C(c3ccccc3)N3CCCC3)CC2)c(C)c1. The molecule has 0 spiro atoms. The van der Waals surface area contributed by atoms with Crippen molar-refractivity contribution in [1.29, 1.82) is 0 Å². The Balaban J connectivity index is 1.08. The number of rotatable bonds is 12. The highest BCUT2D eigenvalue weighted by atomic mass is 32.2. The number of hydrogen-bond donors (Lipinski definition) is 1. The lowest BCUT2D eigenvalue weighted by molar-refractivity contribution is -0.126. The van der Waals surface area contributed by atoms with E-state index in [1.165, 1.54) is 44.3 Å². The number of piperidine rings is 1. The van der Waals surface area contributed by atoms with E-state index in [4.69, 9.17) is 9.47 Å². The maximum absolute atomic E-state index is 13.8. The van der Waals surface area contributed by atoms with Crippen molar-refractivity contribution in [1.82, 2.24) is 14.5 Å². The minimum atomic E-state index is -3.71. The molecular formula is C35H51N3O5S. The largest absolute Gasteiger partial charge is 0.497 e. The molecule has 2 aliphatic heterocycles. The van der Waals surface area contributed by atoms with Crippen molar-refractivity contribution in [3.63, 3.8) is 0 Å². The Labute approximate surface area is 264 Å². The Hall–Kier alpha value is -2.46. The molecule has 3 fully saturated rings. The van der Waals surface area contributed by atoms with Gasteiger partial charge >= 0.3 is 0 Å². The molecule has 2 saturated heterocycles. The first-order valence-electron chi connectivity index (χ1n) is 16.6. The summed E-state index contributed by atoms with van der Waals surface area (Å²) in [6.45, 7) is 7.30. The zero-order valence-corrected chi connectivity index (χ0v) is 27.6. The first kappa shape index (κ1) is 32.9. The number of carbonyl (C=O) groups is 1. The van der Waals surface area contributed by atoms with E-state index in [-0.39, 0.29) is 25.2 Å². The number of nitrogens with zero attached hydrogens (tertiary/aromatic N) is 2. The summed E-state index contributed by atoms with van der Waals surface area (Å²) in [6.07, 6.45) is 9.70. The quantitative estimate of drug-likeness (QED) is 0.329. The topological polar surface area (TPSA) is 88.2 Å². The Morgan fingerprint density at radius 1 is 0.932 bits per heavy atom. The highest BCUT2D eigenvalue weighted by molar-refractivity contribution is 7.89. The molecule has 3 aliphatic rings. The van der Waals surface area contributed by atoms with Gasteiger partial charge in [0, 0.05) is 25.2 Å². The smallest absolute Gasteiger partial charge is 0.246 e. The van der Waals surface area contributed by atoms with E-state index in [1.807, 2.05) is 13.8 Å². The van der Waals surface area contributed by atoms with Gasteiger partial charge in [0.05, 0.1) is 18.6 Å². The summed E-state index contributed by atoms with van der Waals surface area (Å²) in [5.41, 5.74) is 2.79. The Kier molecular flexibility index (Phi) is 11.4. The minimum absolute atomic E-state index is 0.0502. The van der Waals surface area contributed by atoms with Crippen molar-refractivity contribution in [2.45, 2.75) is 88.6 Å². The second kappa shape index (κ2) is 15.2. The summed E-state index contributed by atoms with van der Waals surface area (Å²) in [6, 6.07) is 14.8. The standard InChI is InChI=1S/C35H51N3O5S/c1-26-21-32(42-3)22-27(2)35(26)44(40,41)38-20-8-7-13-31(38)24-43-25-33(39)36-23-28-14-16-30(17-15-28)34(37-18-9-10-19-37)29-11-5-4-6-12-29/h4-6,11-12,21-22,28,30-31,34H,7-10,13-20,23-25H2,1-3H3,(H,36,39). The van der Waals surface area contributed by atoms with Crippen molar-refractivity contribution in [2.24, 2.45) is 11.8 Å². The van der Waals surface area contributed by atoms with E-state index in [0.717, 1.165) is 32.1 Å². The molecule has 0 aromatic heterocycles. The Bertz CT molecular complexity index is 1310. The number of aryl methyl sites for hydroxylation is 2. The normalized spacial score (nSPS) is 24.2. The summed E-state index contributed by atoms with van der Waals surface area (Å²) in [5, 5.41) is 3.10. The van der Waals surface area contributed by atoms with Crippen LogP contribution in [0.4, 0.5) is 0 Å². The van der Waals surface area contributed by atoms with Gasteiger partial charge in [-0.1, -0.05) is 36.8 Å². The third-order valence-corrected chi connectivity index (χ3v) is 12.2. The van der Waals surface area contributed by atoms with Crippen molar-refractivity contribution in [2.75, 3.05) is 46.5 Å². The molecule has 1 amide bonds. The molecule has 0 bridgehead atoms. The molecule has 1 N–H and O–H groups in total. The molecule has 2 unspecified atom stereocenters. The van der Waals surface area contributed by atoms with Gasteiger partial charge in [-0.25, -0.2) is 8.42 Å². The molecule has 1 saturated carbocycles. The third-order valence-electron chi connectivity index (χ3n) is 9.95. The number of ether oxygens (including phenoxy) is 2. The van der Waals surface area contributed by atoms with Crippen LogP contribution in [0, 0.1) is 25.7 Å². The summed E-state index contributed by atoms with van der Waals surface area (Å²) in [5.74, 6) is 1.67. The third kappa shape index (κ3) is 7.84. The van der Waals surface area contributed by atoms with Crippen LogP contribution in [0.1, 0.15) is 80.5 Å². The van der Waals surface area contributed by atoms with Gasteiger partial charge in [0.1, 0.15) is 12.4 Å². The molecule has 44 heavy (non-hydrogen) atoms. The number of hydrogen-bond acceptors (Lipinski definition) is 6. The first-order chi connectivity index (χ1) is 21.3. The monoisotopic (exact) mass is 625 g/mol. The first-order valence-corrected chi connectivity index (χ1v) is 18.0. The molecule has 242 valence electrons. The Morgan fingerprint density at radius 2 is 1.59 bits per heavy atom. The van der Waals surface area contributed by atoms with Crippen molar-refractivity contribution in [3.8, 4) is 5.75 Å². The van der Waals surface area contributed by atoms with E-state index in [2.05, 4.69) is 40.5 Å². The van der Waals surface area contributed by atoms with Crippen LogP contribution in [0.2, 0.25) is 0 Å². The molecule has 0 radical (unpaired) electrons. The van der Waals surface area contributed by atoms with E-state index in [9.17, 15) is 13.2 Å². The lowest BCUT2D eigenvalue weighted by Gasteiger charge is -2.39. The maximum Gasteiger partial charge on any atom is 0.246 e. The summed E-state index contributed by atoms with van der Waals surface area (Å²) < 4.78 is 40.3. The second-order valence-electron chi connectivity index (χ2n) is 13.1. The molecule has 1 aliphatic carbocycles. The second-order valence-corrected chi connectivity index (χ2v) is 14.9. The van der Waals surface area contributed by atoms with Gasteiger partial charge in [-0.3, -0.25) is 9.69 Å². The van der Waals surface area contributed by atoms with Crippen molar-refractivity contribution in [3.05, 3.63) is 59.2 Å². The van der Waals surface area contributed by atoms with Gasteiger partial charge in [-0.05, 0) is 119 Å². The number of nitrogens with one attached hydrogen (secondary N) is 1. The van der Waals surface area contributed by atoms with Crippen LogP contribution in [0.5, 0.6) is 5.75 Å². The van der Waals surface area contributed by atoms with Gasteiger partial charge < -0.3 is 14.8 Å². The van der Waals surface area contributed by atoms with Crippen LogP contribution < -0.4 is 10.1 Å². The lowest BCUT2D eigenvalue weighted by atomic mass is 9.76. The van der Waals surface area contributed by atoms with Gasteiger partial charge in [0.2, 0.25) is 15.9 Å². The summed E-state index contributed by atoms with van der Waals surface area (Å²) in [4.78, 5) is 15.8. The number of sulfonamides is 1. The van der Waals surface area contributed by atoms with Crippen LogP contribution >= 0.6 is 0 Å². The highest BCUT2D eigenvalue weighted by Crippen LogP contribution is 2.41. The van der Waals surface area contributed by atoms with Crippen molar-refractivity contribution < 1.29 is 22.7 Å². The molecule has 2 heterocycles. The lowest BCUT2D eigenvalue weighted by Crippen LogP contribution is -2.46. The number of amides is 1. The molecule has 2 aromatic carbocycles. The van der Waals surface area contributed by atoms with E-state index in [1.54, 1.807) is 23.5 Å². The number of likely N-dealkylation sites (tertiary alicyclic amines) is 1. The van der Waals surface area contributed by atoms with Gasteiger partial charge in [-0.15, -0.1) is 0 Å².